The number of aromatic nitrogens is 1. The first-order valence-corrected chi connectivity index (χ1v) is 12.8. The Morgan fingerprint density at radius 1 is 1.12 bits per heavy atom. The number of halogens is 2. The Labute approximate surface area is 213 Å². The van der Waals surface area contributed by atoms with E-state index in [9.17, 15) is 5.26 Å². The summed E-state index contributed by atoms with van der Waals surface area (Å²) >= 11 is 5.65. The lowest BCUT2D eigenvalue weighted by Gasteiger charge is -2.17. The van der Waals surface area contributed by atoms with Crippen molar-refractivity contribution < 1.29 is 0 Å². The van der Waals surface area contributed by atoms with Gasteiger partial charge >= 0.3 is 0 Å². The SMILES string of the molecule is C=C\C=C/C(=C\C)C(/C(=N)c1ccccc1Br)=C(/C(=N)C#N)c1ccccn1.CC.CI. The van der Waals surface area contributed by atoms with Crippen molar-refractivity contribution in [3.8, 4) is 6.07 Å². The summed E-state index contributed by atoms with van der Waals surface area (Å²) in [6.45, 7) is 9.55. The minimum atomic E-state index is -0.253. The molecular formula is C26H28BrIN4. The second kappa shape index (κ2) is 17.0. The van der Waals surface area contributed by atoms with Crippen molar-refractivity contribution in [2.45, 2.75) is 20.8 Å². The Balaban J connectivity index is 0.00000227. The summed E-state index contributed by atoms with van der Waals surface area (Å²) in [5.74, 6) is 0. The molecule has 0 saturated heterocycles. The van der Waals surface area contributed by atoms with Gasteiger partial charge in [0, 0.05) is 27.4 Å². The number of alkyl halides is 1. The number of pyridine rings is 1. The van der Waals surface area contributed by atoms with E-state index in [2.05, 4.69) is 50.1 Å². The van der Waals surface area contributed by atoms with Crippen molar-refractivity contribution in [3.05, 3.63) is 106 Å². The molecule has 32 heavy (non-hydrogen) atoms. The molecule has 4 nitrogen and oxygen atoms in total. The summed E-state index contributed by atoms with van der Waals surface area (Å²) in [6.07, 6.45) is 8.65. The highest BCUT2D eigenvalue weighted by molar-refractivity contribution is 14.1. The standard InChI is InChI=1S/C23H19BrN4.C2H6.CH3I/c1-3-5-10-16(4-2)21(23(27)17-11-6-7-12-18(17)24)22(19(26)15-25)20-13-8-9-14-28-20;2*1-2/h3-14,26-27H,1H2,2H3;1-2H3;1H3/b10-5-,16-4+,22-21+,26-19?,27-23?;;. The van der Waals surface area contributed by atoms with Crippen LogP contribution in [0.1, 0.15) is 32.0 Å². The average Bonchev–Trinajstić information content (AvgIpc) is 2.86. The molecule has 2 rings (SSSR count). The number of nitriles is 1. The van der Waals surface area contributed by atoms with Crippen LogP contribution < -0.4 is 0 Å². The van der Waals surface area contributed by atoms with Crippen LogP contribution in [0, 0.1) is 22.1 Å². The summed E-state index contributed by atoms with van der Waals surface area (Å²) < 4.78 is 0.754. The fourth-order valence-corrected chi connectivity index (χ4v) is 3.14. The predicted octanol–water partition coefficient (Wildman–Crippen LogP) is 7.98. The minimum absolute atomic E-state index is 0.190. The van der Waals surface area contributed by atoms with Gasteiger partial charge in [0.15, 0.2) is 0 Å². The smallest absolute Gasteiger partial charge is 0.142 e. The van der Waals surface area contributed by atoms with Gasteiger partial charge in [0.1, 0.15) is 11.8 Å². The fourth-order valence-electron chi connectivity index (χ4n) is 2.66. The van der Waals surface area contributed by atoms with Gasteiger partial charge in [-0.1, -0.05) is 108 Å². The van der Waals surface area contributed by atoms with Crippen LogP contribution in [0.25, 0.3) is 5.57 Å². The van der Waals surface area contributed by atoms with Crippen molar-refractivity contribution in [3.63, 3.8) is 0 Å². The highest BCUT2D eigenvalue weighted by Crippen LogP contribution is 2.30. The molecule has 2 N–H and O–H groups in total. The summed E-state index contributed by atoms with van der Waals surface area (Å²) in [4.78, 5) is 6.30. The Kier molecular flexibility index (Phi) is 15.6. The first-order valence-electron chi connectivity index (χ1n) is 9.87. The van der Waals surface area contributed by atoms with E-state index in [1.165, 1.54) is 0 Å². The molecule has 0 aliphatic carbocycles. The molecule has 1 aromatic heterocycles. The zero-order valence-corrected chi connectivity index (χ0v) is 22.5. The molecule has 0 fully saturated rings. The van der Waals surface area contributed by atoms with Gasteiger partial charge in [0.25, 0.3) is 0 Å². The van der Waals surface area contributed by atoms with Gasteiger partial charge in [-0.15, -0.1) is 0 Å². The number of nitrogens with one attached hydrogen (secondary N) is 2. The normalized spacial score (nSPS) is 11.1. The van der Waals surface area contributed by atoms with E-state index in [0.29, 0.717) is 28.0 Å². The highest BCUT2D eigenvalue weighted by Gasteiger charge is 2.23. The number of nitrogens with zero attached hydrogens (tertiary/aromatic N) is 2. The number of rotatable bonds is 7. The second-order valence-electron chi connectivity index (χ2n) is 5.65. The van der Waals surface area contributed by atoms with Crippen molar-refractivity contribution in [1.29, 1.82) is 16.1 Å². The van der Waals surface area contributed by atoms with Crippen LogP contribution in [0.3, 0.4) is 0 Å². The van der Waals surface area contributed by atoms with E-state index in [1.54, 1.807) is 42.6 Å². The molecule has 0 radical (unpaired) electrons. The number of benzene rings is 1. The van der Waals surface area contributed by atoms with Crippen LogP contribution in [0.5, 0.6) is 0 Å². The lowest BCUT2D eigenvalue weighted by molar-refractivity contribution is 1.27. The summed E-state index contributed by atoms with van der Waals surface area (Å²) in [6, 6.07) is 14.6. The zero-order chi connectivity index (χ0) is 24.5. The molecule has 0 unspecified atom stereocenters. The number of hydrogen-bond donors (Lipinski definition) is 2. The Morgan fingerprint density at radius 2 is 1.75 bits per heavy atom. The van der Waals surface area contributed by atoms with Gasteiger partial charge in [0.2, 0.25) is 0 Å². The van der Waals surface area contributed by atoms with E-state index in [-0.39, 0.29) is 11.4 Å². The van der Waals surface area contributed by atoms with Crippen LogP contribution in [0.4, 0.5) is 0 Å². The first-order chi connectivity index (χ1) is 15.5. The molecule has 6 heteroatoms. The molecule has 0 aliphatic heterocycles. The van der Waals surface area contributed by atoms with Gasteiger partial charge in [-0.05, 0) is 35.6 Å². The third-order valence-electron chi connectivity index (χ3n) is 3.94. The molecule has 0 aliphatic rings. The maximum Gasteiger partial charge on any atom is 0.142 e. The summed E-state index contributed by atoms with van der Waals surface area (Å²) in [5, 5.41) is 26.7. The van der Waals surface area contributed by atoms with Gasteiger partial charge in [-0.25, -0.2) is 0 Å². The Morgan fingerprint density at radius 3 is 2.25 bits per heavy atom. The molecule has 0 amide bonds. The number of hydrogen-bond acceptors (Lipinski definition) is 4. The Bertz CT molecular complexity index is 1040. The topological polar surface area (TPSA) is 84.4 Å². The molecule has 0 atom stereocenters. The van der Waals surface area contributed by atoms with Crippen molar-refractivity contribution in [2.75, 3.05) is 4.93 Å². The molecule has 0 saturated carbocycles. The monoisotopic (exact) mass is 602 g/mol. The third kappa shape index (κ3) is 8.13. The minimum Gasteiger partial charge on any atom is -0.300 e. The van der Waals surface area contributed by atoms with E-state index in [0.717, 1.165) is 4.47 Å². The van der Waals surface area contributed by atoms with Gasteiger partial charge < -0.3 is 0 Å². The second-order valence-corrected chi connectivity index (χ2v) is 6.50. The number of allylic oxidation sites excluding steroid dienone is 7. The Hall–Kier alpha value is -2.63. The van der Waals surface area contributed by atoms with Gasteiger partial charge in [0.05, 0.1) is 11.4 Å². The lowest BCUT2D eigenvalue weighted by Crippen LogP contribution is -2.13. The zero-order valence-electron chi connectivity index (χ0n) is 18.8. The van der Waals surface area contributed by atoms with E-state index in [1.807, 2.05) is 62.1 Å². The molecule has 0 spiro atoms. The molecule has 166 valence electrons. The average molecular weight is 603 g/mol. The maximum atomic E-state index is 9.48. The first kappa shape index (κ1) is 29.4. The molecule has 0 bridgehead atoms. The van der Waals surface area contributed by atoms with Crippen LogP contribution in [0.2, 0.25) is 0 Å². The van der Waals surface area contributed by atoms with E-state index in [4.69, 9.17) is 10.8 Å². The van der Waals surface area contributed by atoms with E-state index >= 15 is 0 Å². The van der Waals surface area contributed by atoms with Gasteiger partial charge in [-0.2, -0.15) is 5.26 Å². The fraction of sp³-hybridized carbons (Fsp3) is 0.154. The van der Waals surface area contributed by atoms with Gasteiger partial charge in [-0.3, -0.25) is 15.8 Å². The third-order valence-corrected chi connectivity index (χ3v) is 4.63. The van der Waals surface area contributed by atoms with E-state index < -0.39 is 0 Å². The van der Waals surface area contributed by atoms with Crippen molar-refractivity contribution >= 4 is 55.5 Å². The van der Waals surface area contributed by atoms with Crippen molar-refractivity contribution in [1.82, 2.24) is 4.98 Å². The lowest BCUT2D eigenvalue weighted by atomic mass is 9.87. The maximum absolute atomic E-state index is 9.48. The summed E-state index contributed by atoms with van der Waals surface area (Å²) in [7, 11) is 0. The quantitative estimate of drug-likeness (QED) is 0.146. The largest absolute Gasteiger partial charge is 0.300 e. The van der Waals surface area contributed by atoms with Crippen molar-refractivity contribution in [2.24, 2.45) is 0 Å². The van der Waals surface area contributed by atoms with Crippen LogP contribution in [0.15, 0.2) is 95.2 Å². The molecular weight excluding hydrogens is 575 g/mol. The van der Waals surface area contributed by atoms with Crippen LogP contribution >= 0.6 is 38.5 Å². The predicted molar refractivity (Wildman–Crippen MR) is 150 cm³/mol. The van der Waals surface area contributed by atoms with Crippen LogP contribution in [-0.4, -0.2) is 21.3 Å². The van der Waals surface area contributed by atoms with Crippen LogP contribution in [-0.2, 0) is 0 Å². The highest BCUT2D eigenvalue weighted by atomic mass is 127. The summed E-state index contributed by atoms with van der Waals surface area (Å²) in [5.41, 5.74) is 2.52. The molecule has 1 heterocycles. The molecule has 2 aromatic rings. The molecule has 1 aromatic carbocycles.